The molecule has 0 saturated carbocycles. The van der Waals surface area contributed by atoms with Crippen LogP contribution >= 0.6 is 0 Å². The van der Waals surface area contributed by atoms with Gasteiger partial charge in [0.15, 0.2) is 0 Å². The van der Waals surface area contributed by atoms with Crippen LogP contribution in [0, 0.1) is 0 Å². The standard InChI is InChI=1S/C19H18N2O/c1-2-12-21-18(13-8-4-3-5-9-13)16-14-10-6-7-11-15(14)20-17(16)19(21)22/h3-11,18,20H,2,12H2,1H3. The molecule has 1 amide bonds. The van der Waals surface area contributed by atoms with Crippen LogP contribution in [0.25, 0.3) is 10.9 Å². The molecule has 2 aromatic carbocycles. The normalized spacial score (nSPS) is 17.2. The van der Waals surface area contributed by atoms with E-state index in [0.29, 0.717) is 0 Å². The van der Waals surface area contributed by atoms with Crippen LogP contribution in [-0.4, -0.2) is 22.3 Å². The van der Waals surface area contributed by atoms with Crippen LogP contribution in [0.1, 0.15) is 41.0 Å². The summed E-state index contributed by atoms with van der Waals surface area (Å²) in [5.74, 6) is 0.113. The van der Waals surface area contributed by atoms with E-state index < -0.39 is 0 Å². The molecule has 110 valence electrons. The van der Waals surface area contributed by atoms with E-state index in [1.54, 1.807) is 0 Å². The highest BCUT2D eigenvalue weighted by Crippen LogP contribution is 2.42. The number of benzene rings is 2. The Morgan fingerprint density at radius 2 is 1.77 bits per heavy atom. The molecular weight excluding hydrogens is 272 g/mol. The van der Waals surface area contributed by atoms with Gasteiger partial charge < -0.3 is 9.88 Å². The Morgan fingerprint density at radius 3 is 2.55 bits per heavy atom. The molecule has 1 aromatic heterocycles. The van der Waals surface area contributed by atoms with Crippen LogP contribution in [0.5, 0.6) is 0 Å². The fourth-order valence-corrected chi connectivity index (χ4v) is 3.49. The van der Waals surface area contributed by atoms with Gasteiger partial charge in [0.05, 0.1) is 6.04 Å². The lowest BCUT2D eigenvalue weighted by molar-refractivity contribution is 0.0745. The second kappa shape index (κ2) is 5.02. The third-order valence-electron chi connectivity index (χ3n) is 4.39. The Bertz CT molecular complexity index is 835. The van der Waals surface area contributed by atoms with Gasteiger partial charge in [-0.3, -0.25) is 4.79 Å². The first-order valence-electron chi connectivity index (χ1n) is 7.77. The average molecular weight is 290 g/mol. The van der Waals surface area contributed by atoms with Crippen molar-refractivity contribution in [3.8, 4) is 0 Å². The van der Waals surface area contributed by atoms with Crippen LogP contribution in [0.4, 0.5) is 0 Å². The molecule has 0 bridgehead atoms. The SMILES string of the molecule is CCCN1C(=O)c2[nH]c3ccccc3c2C1c1ccccc1. The zero-order valence-corrected chi connectivity index (χ0v) is 12.5. The maximum atomic E-state index is 12.8. The number of rotatable bonds is 3. The molecule has 0 fully saturated rings. The highest BCUT2D eigenvalue weighted by Gasteiger charge is 2.39. The maximum absolute atomic E-state index is 12.8. The van der Waals surface area contributed by atoms with Crippen molar-refractivity contribution < 1.29 is 4.79 Å². The molecule has 0 saturated heterocycles. The van der Waals surface area contributed by atoms with Gasteiger partial charge in [0.2, 0.25) is 0 Å². The minimum absolute atomic E-state index is 0.0137. The third-order valence-corrected chi connectivity index (χ3v) is 4.39. The molecule has 0 radical (unpaired) electrons. The summed E-state index contributed by atoms with van der Waals surface area (Å²) in [5.41, 5.74) is 4.09. The lowest BCUT2D eigenvalue weighted by Gasteiger charge is -2.25. The monoisotopic (exact) mass is 290 g/mol. The van der Waals surface area contributed by atoms with Gasteiger partial charge in [0.1, 0.15) is 5.69 Å². The fourth-order valence-electron chi connectivity index (χ4n) is 3.49. The number of aromatic amines is 1. The quantitative estimate of drug-likeness (QED) is 0.773. The van der Waals surface area contributed by atoms with E-state index >= 15 is 0 Å². The van der Waals surface area contributed by atoms with Crippen molar-refractivity contribution >= 4 is 16.8 Å². The summed E-state index contributed by atoms with van der Waals surface area (Å²) in [4.78, 5) is 18.1. The second-order valence-electron chi connectivity index (χ2n) is 5.77. The molecule has 0 aliphatic carbocycles. The number of para-hydroxylation sites is 1. The molecule has 1 unspecified atom stereocenters. The van der Waals surface area contributed by atoms with E-state index in [2.05, 4.69) is 30.1 Å². The number of amides is 1. The molecule has 3 aromatic rings. The highest BCUT2D eigenvalue weighted by molar-refractivity contribution is 6.05. The third kappa shape index (κ3) is 1.78. The van der Waals surface area contributed by atoms with E-state index in [-0.39, 0.29) is 11.9 Å². The van der Waals surface area contributed by atoms with Gasteiger partial charge in [-0.1, -0.05) is 55.5 Å². The molecule has 3 heteroatoms. The lowest BCUT2D eigenvalue weighted by atomic mass is 9.98. The predicted octanol–water partition coefficient (Wildman–Crippen LogP) is 4.12. The van der Waals surface area contributed by atoms with Crippen LogP contribution < -0.4 is 0 Å². The van der Waals surface area contributed by atoms with Crippen LogP contribution in [-0.2, 0) is 0 Å². The summed E-state index contributed by atoms with van der Waals surface area (Å²) in [6.45, 7) is 2.88. The van der Waals surface area contributed by atoms with E-state index in [1.165, 1.54) is 5.56 Å². The Labute approximate surface area is 129 Å². The fraction of sp³-hybridized carbons (Fsp3) is 0.211. The molecule has 1 aliphatic rings. The van der Waals surface area contributed by atoms with Crippen molar-refractivity contribution in [2.75, 3.05) is 6.54 Å². The zero-order valence-electron chi connectivity index (χ0n) is 12.5. The van der Waals surface area contributed by atoms with E-state index in [1.807, 2.05) is 41.3 Å². The smallest absolute Gasteiger partial charge is 0.271 e. The Morgan fingerprint density at radius 1 is 1.05 bits per heavy atom. The molecule has 1 atom stereocenters. The van der Waals surface area contributed by atoms with Crippen LogP contribution in [0.3, 0.4) is 0 Å². The maximum Gasteiger partial charge on any atom is 0.271 e. The number of hydrogen-bond acceptors (Lipinski definition) is 1. The number of H-pyrrole nitrogens is 1. The van der Waals surface area contributed by atoms with Crippen LogP contribution in [0.15, 0.2) is 54.6 Å². The largest absolute Gasteiger partial charge is 0.350 e. The first-order valence-corrected chi connectivity index (χ1v) is 7.77. The van der Waals surface area contributed by atoms with Crippen molar-refractivity contribution in [3.63, 3.8) is 0 Å². The van der Waals surface area contributed by atoms with Gasteiger partial charge in [0.25, 0.3) is 5.91 Å². The van der Waals surface area contributed by atoms with Gasteiger partial charge in [-0.2, -0.15) is 0 Å². The molecule has 4 rings (SSSR count). The Balaban J connectivity index is 1.96. The number of fused-ring (bicyclic) bond motifs is 3. The van der Waals surface area contributed by atoms with Crippen molar-refractivity contribution in [2.24, 2.45) is 0 Å². The minimum Gasteiger partial charge on any atom is -0.350 e. The Kier molecular flexibility index (Phi) is 3.00. The van der Waals surface area contributed by atoms with Gasteiger partial charge in [0, 0.05) is 23.0 Å². The first kappa shape index (κ1) is 13.1. The topological polar surface area (TPSA) is 36.1 Å². The van der Waals surface area contributed by atoms with Crippen molar-refractivity contribution in [3.05, 3.63) is 71.4 Å². The second-order valence-corrected chi connectivity index (χ2v) is 5.77. The number of aromatic nitrogens is 1. The van der Waals surface area contributed by atoms with Crippen LogP contribution in [0.2, 0.25) is 0 Å². The highest BCUT2D eigenvalue weighted by atomic mass is 16.2. The minimum atomic E-state index is 0.0137. The van der Waals surface area contributed by atoms with E-state index in [0.717, 1.165) is 35.1 Å². The van der Waals surface area contributed by atoms with Gasteiger partial charge in [-0.25, -0.2) is 0 Å². The summed E-state index contributed by atoms with van der Waals surface area (Å²) < 4.78 is 0. The summed E-state index contributed by atoms with van der Waals surface area (Å²) in [7, 11) is 0. The summed E-state index contributed by atoms with van der Waals surface area (Å²) >= 11 is 0. The molecule has 2 heterocycles. The number of nitrogens with zero attached hydrogens (tertiary/aromatic N) is 1. The summed E-state index contributed by atoms with van der Waals surface area (Å²) in [5, 5.41) is 1.15. The lowest BCUT2D eigenvalue weighted by Crippen LogP contribution is -2.30. The molecule has 1 N–H and O–H groups in total. The number of nitrogens with one attached hydrogen (secondary N) is 1. The van der Waals surface area contributed by atoms with Gasteiger partial charge in [-0.15, -0.1) is 0 Å². The number of hydrogen-bond donors (Lipinski definition) is 1. The molecule has 1 aliphatic heterocycles. The summed E-state index contributed by atoms with van der Waals surface area (Å²) in [6.07, 6.45) is 0.956. The van der Waals surface area contributed by atoms with E-state index in [4.69, 9.17) is 0 Å². The first-order chi connectivity index (χ1) is 10.8. The molecule has 3 nitrogen and oxygen atoms in total. The van der Waals surface area contributed by atoms with Gasteiger partial charge >= 0.3 is 0 Å². The predicted molar refractivity (Wildman–Crippen MR) is 87.9 cm³/mol. The molecule has 22 heavy (non-hydrogen) atoms. The molecule has 0 spiro atoms. The van der Waals surface area contributed by atoms with E-state index in [9.17, 15) is 4.79 Å². The molecular formula is C19H18N2O. The average Bonchev–Trinajstić information content (AvgIpc) is 3.05. The zero-order chi connectivity index (χ0) is 15.1. The Hall–Kier alpha value is -2.55. The number of carbonyl (C=O) groups is 1. The van der Waals surface area contributed by atoms with Crippen molar-refractivity contribution in [2.45, 2.75) is 19.4 Å². The van der Waals surface area contributed by atoms with Gasteiger partial charge in [-0.05, 0) is 18.1 Å². The number of carbonyl (C=O) groups excluding carboxylic acids is 1. The summed E-state index contributed by atoms with van der Waals surface area (Å²) in [6, 6.07) is 18.5. The van der Waals surface area contributed by atoms with Crippen molar-refractivity contribution in [1.29, 1.82) is 0 Å². The van der Waals surface area contributed by atoms with Crippen molar-refractivity contribution in [1.82, 2.24) is 9.88 Å².